The molecule has 106 valence electrons. The van der Waals surface area contributed by atoms with Crippen molar-refractivity contribution >= 4 is 29.6 Å². The smallest absolute Gasteiger partial charge is 0.183 e. The molecule has 22 heavy (non-hydrogen) atoms. The second-order valence-corrected chi connectivity index (χ2v) is 8.81. The van der Waals surface area contributed by atoms with Gasteiger partial charge in [0.15, 0.2) is 8.07 Å². The molecule has 0 aromatic heterocycles. The minimum absolute atomic E-state index is 1.19. The summed E-state index contributed by atoms with van der Waals surface area (Å²) in [6, 6.07) is 30.9. The van der Waals surface area contributed by atoms with Gasteiger partial charge in [-0.25, -0.2) is 4.79 Å². The molecule has 0 heterocycles. The summed E-state index contributed by atoms with van der Waals surface area (Å²) in [5, 5.41) is 3.57. The lowest BCUT2D eigenvalue weighted by molar-refractivity contribution is 0.569. The highest BCUT2D eigenvalue weighted by Gasteiger charge is 2.37. The Morgan fingerprint density at radius 3 is 1.18 bits per heavy atom. The Balaban J connectivity index is 2.37. The Hall–Kier alpha value is -2.67. The first-order valence-corrected chi connectivity index (χ1v) is 9.34. The van der Waals surface area contributed by atoms with Crippen LogP contribution in [-0.2, 0) is 4.79 Å². The third-order valence-electron chi connectivity index (χ3n) is 3.96. The number of benzene rings is 3. The largest absolute Gasteiger partial charge is 0.234 e. The molecular formula is C20H16OSi. The minimum atomic E-state index is -2.47. The zero-order chi connectivity index (χ0) is 15.3. The normalized spacial score (nSPS) is 10.7. The molecule has 0 saturated carbocycles. The molecule has 3 aromatic rings. The number of hydrogen-bond acceptors (Lipinski definition) is 1. The molecule has 0 saturated heterocycles. The van der Waals surface area contributed by atoms with Crippen LogP contribution < -0.4 is 15.6 Å². The van der Waals surface area contributed by atoms with E-state index in [2.05, 4.69) is 42.3 Å². The molecule has 2 heteroatoms. The van der Waals surface area contributed by atoms with Gasteiger partial charge in [0.2, 0.25) is 0 Å². The third kappa shape index (κ3) is 2.46. The van der Waals surface area contributed by atoms with Crippen LogP contribution in [0.15, 0.2) is 96.7 Å². The van der Waals surface area contributed by atoms with Gasteiger partial charge in [-0.15, -0.1) is 0 Å². The van der Waals surface area contributed by atoms with Gasteiger partial charge in [-0.05, 0) is 15.6 Å². The maximum absolute atomic E-state index is 11.4. The van der Waals surface area contributed by atoms with E-state index in [1.165, 1.54) is 15.6 Å². The fourth-order valence-electron chi connectivity index (χ4n) is 2.94. The van der Waals surface area contributed by atoms with Gasteiger partial charge in [-0.3, -0.25) is 0 Å². The van der Waals surface area contributed by atoms with Crippen LogP contribution in [0.5, 0.6) is 0 Å². The van der Waals surface area contributed by atoms with E-state index in [9.17, 15) is 4.79 Å². The maximum atomic E-state index is 11.4. The van der Waals surface area contributed by atoms with E-state index < -0.39 is 8.07 Å². The summed E-state index contributed by atoms with van der Waals surface area (Å²) >= 11 is 0. The summed E-state index contributed by atoms with van der Waals surface area (Å²) < 4.78 is 0. The molecule has 0 atom stereocenters. The predicted molar refractivity (Wildman–Crippen MR) is 94.2 cm³/mol. The Kier molecular flexibility index (Phi) is 4.15. The standard InChI is InChI=1S/C20H16OSi/c21-16-17-22(18-10-4-1-5-11-18,19-12-6-2-7-13-19)20-14-8-3-9-15-20/h1-15,17H. The first-order chi connectivity index (χ1) is 10.9. The summed E-state index contributed by atoms with van der Waals surface area (Å²) in [4.78, 5) is 11.4. The minimum Gasteiger partial charge on any atom is -0.234 e. The van der Waals surface area contributed by atoms with Gasteiger partial charge in [0.25, 0.3) is 0 Å². The quantitative estimate of drug-likeness (QED) is 0.410. The lowest BCUT2D eigenvalue weighted by Gasteiger charge is -2.29. The van der Waals surface area contributed by atoms with Gasteiger partial charge < -0.3 is 0 Å². The number of carbonyl (C=O) groups excluding carboxylic acids is 1. The average Bonchev–Trinajstić information content (AvgIpc) is 2.62. The molecule has 0 spiro atoms. The van der Waals surface area contributed by atoms with Crippen LogP contribution in [0.1, 0.15) is 0 Å². The van der Waals surface area contributed by atoms with Crippen molar-refractivity contribution in [3.05, 3.63) is 96.7 Å². The molecule has 3 rings (SSSR count). The molecule has 3 aromatic carbocycles. The highest BCUT2D eigenvalue weighted by molar-refractivity contribution is 7.15. The first-order valence-electron chi connectivity index (χ1n) is 7.26. The van der Waals surface area contributed by atoms with E-state index in [0.29, 0.717) is 0 Å². The van der Waals surface area contributed by atoms with Crippen LogP contribution >= 0.6 is 0 Å². The Labute approximate surface area is 131 Å². The van der Waals surface area contributed by atoms with Gasteiger partial charge in [-0.1, -0.05) is 91.0 Å². The average molecular weight is 300 g/mol. The van der Waals surface area contributed by atoms with Crippen LogP contribution in [-0.4, -0.2) is 14.0 Å². The van der Waals surface area contributed by atoms with Crippen molar-refractivity contribution in [1.29, 1.82) is 0 Å². The second-order valence-electron chi connectivity index (χ2n) is 5.17. The second kappa shape index (κ2) is 6.40. The maximum Gasteiger partial charge on any atom is 0.183 e. The molecule has 0 aliphatic carbocycles. The summed E-state index contributed by atoms with van der Waals surface area (Å²) in [5.74, 6) is 2.09. The summed E-state index contributed by atoms with van der Waals surface area (Å²) in [7, 11) is -2.47. The molecule has 1 nitrogen and oxygen atoms in total. The third-order valence-corrected chi connectivity index (χ3v) is 8.25. The molecule has 0 bridgehead atoms. The van der Waals surface area contributed by atoms with E-state index in [0.717, 1.165) is 0 Å². The summed E-state index contributed by atoms with van der Waals surface area (Å²) in [5.41, 5.74) is 1.76. The lowest BCUT2D eigenvalue weighted by Crippen LogP contribution is -2.66. The Bertz CT molecular complexity index is 679. The molecule has 0 radical (unpaired) electrons. The van der Waals surface area contributed by atoms with Gasteiger partial charge in [0, 0.05) is 5.70 Å². The topological polar surface area (TPSA) is 17.1 Å². The van der Waals surface area contributed by atoms with Crippen LogP contribution in [0.3, 0.4) is 0 Å². The van der Waals surface area contributed by atoms with Gasteiger partial charge in [0.05, 0.1) is 0 Å². The number of rotatable bonds is 4. The van der Waals surface area contributed by atoms with Crippen LogP contribution in [0.4, 0.5) is 0 Å². The monoisotopic (exact) mass is 300 g/mol. The van der Waals surface area contributed by atoms with Crippen molar-refractivity contribution in [3.63, 3.8) is 0 Å². The molecule has 0 N–H and O–H groups in total. The predicted octanol–water partition coefficient (Wildman–Crippen LogP) is 2.08. The number of hydrogen-bond donors (Lipinski definition) is 0. The Morgan fingerprint density at radius 1 is 0.591 bits per heavy atom. The van der Waals surface area contributed by atoms with Gasteiger partial charge in [-0.2, -0.15) is 0 Å². The molecule has 0 unspecified atom stereocenters. The molecular weight excluding hydrogens is 284 g/mol. The Morgan fingerprint density at radius 2 is 0.909 bits per heavy atom. The van der Waals surface area contributed by atoms with E-state index in [4.69, 9.17) is 0 Å². The van der Waals surface area contributed by atoms with E-state index in [-0.39, 0.29) is 0 Å². The van der Waals surface area contributed by atoms with E-state index in [1.54, 1.807) is 5.70 Å². The highest BCUT2D eigenvalue weighted by Crippen LogP contribution is 2.08. The first kappa shape index (κ1) is 14.3. The van der Waals surface area contributed by atoms with Crippen molar-refractivity contribution in [2.75, 3.05) is 0 Å². The SMILES string of the molecule is O=C=C[Si](c1ccccc1)(c1ccccc1)c1ccccc1. The van der Waals surface area contributed by atoms with Crippen LogP contribution in [0, 0.1) is 0 Å². The van der Waals surface area contributed by atoms with E-state index in [1.807, 2.05) is 54.6 Å². The van der Waals surface area contributed by atoms with Crippen LogP contribution in [0.25, 0.3) is 0 Å². The van der Waals surface area contributed by atoms with Crippen molar-refractivity contribution < 1.29 is 4.79 Å². The lowest BCUT2D eigenvalue weighted by atomic mass is 10.3. The van der Waals surface area contributed by atoms with E-state index >= 15 is 0 Å². The summed E-state index contributed by atoms with van der Waals surface area (Å²) in [6.07, 6.45) is 0. The fraction of sp³-hybridized carbons (Fsp3) is 0. The van der Waals surface area contributed by atoms with Gasteiger partial charge in [0.1, 0.15) is 5.94 Å². The molecule has 0 amide bonds. The van der Waals surface area contributed by atoms with Crippen molar-refractivity contribution in [3.8, 4) is 0 Å². The van der Waals surface area contributed by atoms with Crippen molar-refractivity contribution in [2.24, 2.45) is 0 Å². The molecule has 0 aliphatic heterocycles. The fourth-order valence-corrected chi connectivity index (χ4v) is 6.77. The molecule has 0 fully saturated rings. The molecule has 0 aliphatic rings. The zero-order valence-electron chi connectivity index (χ0n) is 12.1. The van der Waals surface area contributed by atoms with Crippen LogP contribution in [0.2, 0.25) is 0 Å². The van der Waals surface area contributed by atoms with Crippen molar-refractivity contribution in [2.45, 2.75) is 0 Å². The van der Waals surface area contributed by atoms with Gasteiger partial charge >= 0.3 is 0 Å². The van der Waals surface area contributed by atoms with Crippen molar-refractivity contribution in [1.82, 2.24) is 0 Å². The zero-order valence-corrected chi connectivity index (χ0v) is 13.1. The highest BCUT2D eigenvalue weighted by atomic mass is 28.3. The summed E-state index contributed by atoms with van der Waals surface area (Å²) in [6.45, 7) is 0.